The standard InChI is InChI=1S/C31H37F3N8S2/c1-21-22(3-10-42-27(23(18-35)15-28(21)42)6-9-39-11-13-41(43-2)14-12-39)19-40-7-4-24(5-8-40)38-29-26-16-25(17-31(32,33)34)44-30(26)37-20-36-29/h3,10,15-16,20,24H,4-9,11-14,17,19H2,1-2H3,(H,36,37,38). The summed E-state index contributed by atoms with van der Waals surface area (Å²) in [5.41, 5.74) is 5.42. The highest BCUT2D eigenvalue weighted by Gasteiger charge is 2.29. The Kier molecular flexibility index (Phi) is 9.35. The van der Waals surface area contributed by atoms with Crippen LogP contribution in [-0.2, 0) is 19.4 Å². The number of hydrogen-bond acceptors (Lipinski definition) is 9. The lowest BCUT2D eigenvalue weighted by atomic mass is 10.0. The third-order valence-corrected chi connectivity index (χ3v) is 10.8. The van der Waals surface area contributed by atoms with E-state index in [1.54, 1.807) is 6.07 Å². The summed E-state index contributed by atoms with van der Waals surface area (Å²) in [6, 6.07) is 8.44. The van der Waals surface area contributed by atoms with Gasteiger partial charge in [-0.15, -0.1) is 11.3 Å². The molecule has 2 aliphatic rings. The highest BCUT2D eigenvalue weighted by molar-refractivity contribution is 7.96. The van der Waals surface area contributed by atoms with Gasteiger partial charge in [-0.25, -0.2) is 14.3 Å². The quantitative estimate of drug-likeness (QED) is 0.232. The van der Waals surface area contributed by atoms with Gasteiger partial charge in [0.05, 0.1) is 17.4 Å². The number of piperazine rings is 1. The Morgan fingerprint density at radius 1 is 1.09 bits per heavy atom. The van der Waals surface area contributed by atoms with E-state index in [0.717, 1.165) is 99.7 Å². The minimum Gasteiger partial charge on any atom is -0.367 e. The predicted molar refractivity (Wildman–Crippen MR) is 171 cm³/mol. The number of nitrogens with one attached hydrogen (secondary N) is 1. The molecule has 0 aliphatic carbocycles. The van der Waals surface area contributed by atoms with Crippen LogP contribution in [0.5, 0.6) is 0 Å². The van der Waals surface area contributed by atoms with Crippen LogP contribution in [0.2, 0.25) is 0 Å². The molecule has 234 valence electrons. The molecule has 13 heteroatoms. The molecule has 0 unspecified atom stereocenters. The maximum absolute atomic E-state index is 12.9. The first-order valence-corrected chi connectivity index (χ1v) is 17.0. The number of piperidine rings is 1. The molecule has 6 rings (SSSR count). The summed E-state index contributed by atoms with van der Waals surface area (Å²) in [7, 11) is 0. The molecule has 4 aromatic rings. The molecule has 0 spiro atoms. The van der Waals surface area contributed by atoms with Gasteiger partial charge in [0.25, 0.3) is 0 Å². The van der Waals surface area contributed by atoms with Gasteiger partial charge in [-0.3, -0.25) is 4.90 Å². The molecule has 2 fully saturated rings. The largest absolute Gasteiger partial charge is 0.393 e. The van der Waals surface area contributed by atoms with Crippen molar-refractivity contribution in [1.82, 2.24) is 28.5 Å². The van der Waals surface area contributed by atoms with E-state index in [0.29, 0.717) is 16.0 Å². The first kappa shape index (κ1) is 31.1. The zero-order valence-corrected chi connectivity index (χ0v) is 26.7. The van der Waals surface area contributed by atoms with Crippen molar-refractivity contribution >= 4 is 44.8 Å². The number of halogens is 3. The first-order valence-electron chi connectivity index (χ1n) is 15.0. The first-order chi connectivity index (χ1) is 21.2. The molecule has 0 bridgehead atoms. The van der Waals surface area contributed by atoms with Crippen LogP contribution in [0.1, 0.15) is 40.1 Å². The minimum absolute atomic E-state index is 0.189. The molecule has 2 saturated heterocycles. The highest BCUT2D eigenvalue weighted by atomic mass is 32.2. The molecule has 0 saturated carbocycles. The van der Waals surface area contributed by atoms with Gasteiger partial charge >= 0.3 is 6.18 Å². The average Bonchev–Trinajstić information content (AvgIpc) is 3.59. The minimum atomic E-state index is -4.25. The van der Waals surface area contributed by atoms with Gasteiger partial charge < -0.3 is 14.6 Å². The topological polar surface area (TPSA) is 75.7 Å². The van der Waals surface area contributed by atoms with Crippen molar-refractivity contribution in [3.8, 4) is 6.07 Å². The summed E-state index contributed by atoms with van der Waals surface area (Å²) >= 11 is 2.88. The van der Waals surface area contributed by atoms with Gasteiger partial charge in [0.1, 0.15) is 23.0 Å². The smallest absolute Gasteiger partial charge is 0.367 e. The summed E-state index contributed by atoms with van der Waals surface area (Å²) in [6.07, 6.45) is 3.15. The molecule has 6 heterocycles. The maximum atomic E-state index is 12.9. The molecular formula is C31H37F3N8S2. The van der Waals surface area contributed by atoms with E-state index in [1.165, 1.54) is 17.5 Å². The van der Waals surface area contributed by atoms with Gasteiger partial charge in [0.15, 0.2) is 0 Å². The molecule has 4 aromatic heterocycles. The van der Waals surface area contributed by atoms with E-state index in [9.17, 15) is 18.4 Å². The van der Waals surface area contributed by atoms with Crippen LogP contribution in [-0.4, -0.2) is 92.8 Å². The molecule has 0 atom stereocenters. The lowest BCUT2D eigenvalue weighted by Gasteiger charge is -2.33. The Labute approximate surface area is 264 Å². The van der Waals surface area contributed by atoms with Crippen molar-refractivity contribution in [2.24, 2.45) is 0 Å². The number of alkyl halides is 3. The van der Waals surface area contributed by atoms with Crippen molar-refractivity contribution in [2.75, 3.05) is 57.4 Å². The number of nitrogens with zero attached hydrogens (tertiary/aromatic N) is 7. The van der Waals surface area contributed by atoms with Gasteiger partial charge in [0, 0.05) is 87.1 Å². The number of aromatic nitrogens is 3. The van der Waals surface area contributed by atoms with Crippen molar-refractivity contribution in [3.63, 3.8) is 0 Å². The molecular weight excluding hydrogens is 606 g/mol. The van der Waals surface area contributed by atoms with Crippen LogP contribution >= 0.6 is 23.3 Å². The van der Waals surface area contributed by atoms with E-state index in [2.05, 4.69) is 65.3 Å². The number of rotatable bonds is 9. The molecule has 44 heavy (non-hydrogen) atoms. The van der Waals surface area contributed by atoms with E-state index in [-0.39, 0.29) is 10.9 Å². The summed E-state index contributed by atoms with van der Waals surface area (Å²) in [5, 5.41) is 14.1. The fraction of sp³-hybridized carbons (Fsp3) is 0.516. The SMILES string of the molecule is CSN1CCN(CCc2c(C#N)cc3c(C)c(CN4CCC(Nc5ncnc6sc(CC(F)(F)F)cc56)CC4)ccn23)CC1. The number of likely N-dealkylation sites (tertiary alicyclic amines) is 1. The summed E-state index contributed by atoms with van der Waals surface area (Å²) in [4.78, 5) is 14.3. The Bertz CT molecular complexity index is 1640. The van der Waals surface area contributed by atoms with Crippen molar-refractivity contribution in [2.45, 2.75) is 51.4 Å². The monoisotopic (exact) mass is 642 g/mol. The number of pyridine rings is 1. The van der Waals surface area contributed by atoms with Gasteiger partial charge in [-0.2, -0.15) is 18.4 Å². The maximum Gasteiger partial charge on any atom is 0.393 e. The number of anilines is 1. The van der Waals surface area contributed by atoms with Crippen LogP contribution < -0.4 is 5.32 Å². The van der Waals surface area contributed by atoms with Crippen molar-refractivity contribution in [1.29, 1.82) is 5.26 Å². The van der Waals surface area contributed by atoms with Crippen LogP contribution in [0.4, 0.5) is 19.0 Å². The fourth-order valence-corrected chi connectivity index (χ4v) is 7.93. The van der Waals surface area contributed by atoms with E-state index in [4.69, 9.17) is 0 Å². The lowest BCUT2D eigenvalue weighted by molar-refractivity contribution is -0.126. The van der Waals surface area contributed by atoms with Crippen molar-refractivity contribution in [3.05, 3.63) is 58.0 Å². The lowest BCUT2D eigenvalue weighted by Crippen LogP contribution is -2.44. The Morgan fingerprint density at radius 3 is 2.57 bits per heavy atom. The Hall–Kier alpha value is -2.89. The normalized spacial score (nSPS) is 17.9. The molecule has 1 N–H and O–H groups in total. The number of nitriles is 1. The summed E-state index contributed by atoms with van der Waals surface area (Å²) < 4.78 is 43.4. The van der Waals surface area contributed by atoms with Crippen LogP contribution in [0.15, 0.2) is 30.7 Å². The Morgan fingerprint density at radius 2 is 1.86 bits per heavy atom. The van der Waals surface area contributed by atoms with E-state index in [1.807, 2.05) is 18.0 Å². The predicted octanol–water partition coefficient (Wildman–Crippen LogP) is 5.74. The summed E-state index contributed by atoms with van der Waals surface area (Å²) in [6.45, 7) is 10.0. The fourth-order valence-electron chi connectivity index (χ4n) is 6.38. The molecule has 2 aliphatic heterocycles. The van der Waals surface area contributed by atoms with E-state index < -0.39 is 12.6 Å². The second kappa shape index (κ2) is 13.2. The molecule has 0 radical (unpaired) electrons. The second-order valence-corrected chi connectivity index (χ2v) is 13.7. The zero-order chi connectivity index (χ0) is 30.8. The number of fused-ring (bicyclic) bond motifs is 2. The van der Waals surface area contributed by atoms with Crippen LogP contribution in [0.3, 0.4) is 0 Å². The average molecular weight is 643 g/mol. The molecule has 8 nitrogen and oxygen atoms in total. The molecule has 0 aromatic carbocycles. The van der Waals surface area contributed by atoms with Gasteiger partial charge in [-0.05, 0) is 55.3 Å². The number of aryl methyl sites for hydroxylation is 1. The zero-order valence-electron chi connectivity index (χ0n) is 25.0. The second-order valence-electron chi connectivity index (χ2n) is 11.7. The van der Waals surface area contributed by atoms with Crippen LogP contribution in [0, 0.1) is 18.3 Å². The Balaban J connectivity index is 1.07. The van der Waals surface area contributed by atoms with Crippen molar-refractivity contribution < 1.29 is 13.2 Å². The number of thiophene rings is 1. The molecule has 0 amide bonds. The summed E-state index contributed by atoms with van der Waals surface area (Å²) in [5.74, 6) is 0.610. The third kappa shape index (κ3) is 7.00. The third-order valence-electron chi connectivity index (χ3n) is 8.89. The van der Waals surface area contributed by atoms with Crippen LogP contribution in [0.25, 0.3) is 15.7 Å². The highest BCUT2D eigenvalue weighted by Crippen LogP contribution is 2.33. The van der Waals surface area contributed by atoms with E-state index >= 15 is 0 Å². The van der Waals surface area contributed by atoms with Gasteiger partial charge in [-0.1, -0.05) is 11.9 Å². The number of hydrogen-bond donors (Lipinski definition) is 1. The van der Waals surface area contributed by atoms with Gasteiger partial charge in [0.2, 0.25) is 0 Å².